The number of carbonyl (C=O) groups is 1. The highest BCUT2D eigenvalue weighted by Gasteiger charge is 2.35. The summed E-state index contributed by atoms with van der Waals surface area (Å²) < 4.78 is 12.1. The molecule has 2 rings (SSSR count). The first-order valence-corrected chi connectivity index (χ1v) is 7.05. The smallest absolute Gasteiger partial charge is 0.234 e. The SMILES string of the molecule is NC(=O)C1CCCN1C1CCN(CCCF)CC1. The average molecular weight is 257 g/mol. The second-order valence-corrected chi connectivity index (χ2v) is 5.41. The van der Waals surface area contributed by atoms with Crippen molar-refractivity contribution >= 4 is 5.91 Å². The maximum absolute atomic E-state index is 12.1. The van der Waals surface area contributed by atoms with E-state index in [0.29, 0.717) is 12.5 Å². The Morgan fingerprint density at radius 2 is 1.94 bits per heavy atom. The fourth-order valence-electron chi connectivity index (χ4n) is 3.29. The molecule has 5 heteroatoms. The van der Waals surface area contributed by atoms with Crippen LogP contribution in [0.25, 0.3) is 0 Å². The second kappa shape index (κ2) is 6.48. The van der Waals surface area contributed by atoms with Gasteiger partial charge in [0.05, 0.1) is 12.7 Å². The van der Waals surface area contributed by atoms with Gasteiger partial charge in [0.25, 0.3) is 0 Å². The van der Waals surface area contributed by atoms with Crippen LogP contribution in [-0.4, -0.2) is 60.6 Å². The van der Waals surface area contributed by atoms with E-state index in [1.807, 2.05) is 0 Å². The fraction of sp³-hybridized carbons (Fsp3) is 0.923. The summed E-state index contributed by atoms with van der Waals surface area (Å²) in [5.74, 6) is -0.174. The monoisotopic (exact) mass is 257 g/mol. The lowest BCUT2D eigenvalue weighted by molar-refractivity contribution is -0.123. The van der Waals surface area contributed by atoms with Crippen molar-refractivity contribution in [1.82, 2.24) is 9.80 Å². The molecule has 4 nitrogen and oxygen atoms in total. The number of halogens is 1. The van der Waals surface area contributed by atoms with Crippen molar-refractivity contribution in [3.63, 3.8) is 0 Å². The van der Waals surface area contributed by atoms with Crippen molar-refractivity contribution in [3.8, 4) is 0 Å². The summed E-state index contributed by atoms with van der Waals surface area (Å²) in [5, 5.41) is 0. The third-order valence-electron chi connectivity index (χ3n) is 4.26. The first-order valence-electron chi connectivity index (χ1n) is 7.05. The predicted octanol–water partition coefficient (Wildman–Crippen LogP) is 0.760. The van der Waals surface area contributed by atoms with Crippen LogP contribution in [-0.2, 0) is 4.79 Å². The van der Waals surface area contributed by atoms with Gasteiger partial charge in [0, 0.05) is 12.6 Å². The summed E-state index contributed by atoms with van der Waals surface area (Å²) in [6.45, 7) is 3.68. The first-order chi connectivity index (χ1) is 8.72. The molecule has 2 saturated heterocycles. The Bertz CT molecular complexity index is 279. The third kappa shape index (κ3) is 3.20. The number of likely N-dealkylation sites (tertiary alicyclic amines) is 2. The number of alkyl halides is 1. The number of hydrogen-bond acceptors (Lipinski definition) is 3. The Hall–Kier alpha value is -0.680. The number of piperidine rings is 1. The Morgan fingerprint density at radius 1 is 1.22 bits per heavy atom. The number of amides is 1. The van der Waals surface area contributed by atoms with E-state index in [4.69, 9.17) is 5.73 Å². The molecule has 0 saturated carbocycles. The molecule has 0 aromatic heterocycles. The number of rotatable bonds is 5. The summed E-state index contributed by atoms with van der Waals surface area (Å²) in [5.41, 5.74) is 5.46. The van der Waals surface area contributed by atoms with Crippen LogP contribution in [0, 0.1) is 0 Å². The quantitative estimate of drug-likeness (QED) is 0.791. The van der Waals surface area contributed by atoms with Crippen LogP contribution in [0.4, 0.5) is 4.39 Å². The van der Waals surface area contributed by atoms with E-state index in [1.54, 1.807) is 0 Å². The Morgan fingerprint density at radius 3 is 2.56 bits per heavy atom. The van der Waals surface area contributed by atoms with E-state index in [2.05, 4.69) is 9.80 Å². The molecule has 0 radical (unpaired) electrons. The van der Waals surface area contributed by atoms with Crippen molar-refractivity contribution in [2.45, 2.75) is 44.2 Å². The van der Waals surface area contributed by atoms with Crippen LogP contribution in [0.5, 0.6) is 0 Å². The van der Waals surface area contributed by atoms with E-state index in [-0.39, 0.29) is 18.6 Å². The molecule has 0 aliphatic carbocycles. The van der Waals surface area contributed by atoms with Gasteiger partial charge in [0.15, 0.2) is 0 Å². The molecule has 2 heterocycles. The molecule has 2 aliphatic heterocycles. The average Bonchev–Trinajstić information content (AvgIpc) is 2.86. The molecular weight excluding hydrogens is 233 g/mol. The van der Waals surface area contributed by atoms with Gasteiger partial charge in [-0.2, -0.15) is 0 Å². The Balaban J connectivity index is 1.80. The molecular formula is C13H24FN3O. The minimum atomic E-state index is -0.226. The molecule has 0 aromatic rings. The van der Waals surface area contributed by atoms with Crippen molar-refractivity contribution in [1.29, 1.82) is 0 Å². The normalized spacial score (nSPS) is 27.7. The Labute approximate surface area is 108 Å². The zero-order chi connectivity index (χ0) is 13.0. The first kappa shape index (κ1) is 13.7. The standard InChI is InChI=1S/C13H24FN3O/c14-6-2-7-16-9-4-11(5-10-16)17-8-1-3-12(17)13(15)18/h11-12H,1-10H2,(H2,15,18). The number of nitrogens with zero attached hydrogens (tertiary/aromatic N) is 2. The minimum Gasteiger partial charge on any atom is -0.368 e. The van der Waals surface area contributed by atoms with Gasteiger partial charge in [0.1, 0.15) is 0 Å². The number of carbonyl (C=O) groups excluding carboxylic acids is 1. The highest BCUT2D eigenvalue weighted by atomic mass is 19.1. The van der Waals surface area contributed by atoms with Crippen LogP contribution in [0.1, 0.15) is 32.1 Å². The summed E-state index contributed by atoms with van der Waals surface area (Å²) >= 11 is 0. The predicted molar refractivity (Wildman–Crippen MR) is 69.0 cm³/mol. The molecule has 104 valence electrons. The van der Waals surface area contributed by atoms with Gasteiger partial charge in [0.2, 0.25) is 5.91 Å². The topological polar surface area (TPSA) is 49.6 Å². The highest BCUT2D eigenvalue weighted by molar-refractivity contribution is 5.80. The molecule has 0 aromatic carbocycles. The molecule has 2 aliphatic rings. The van der Waals surface area contributed by atoms with Crippen molar-refractivity contribution in [2.24, 2.45) is 5.73 Å². The molecule has 0 bridgehead atoms. The van der Waals surface area contributed by atoms with Gasteiger partial charge >= 0.3 is 0 Å². The van der Waals surface area contributed by atoms with E-state index in [1.165, 1.54) is 0 Å². The number of primary amides is 1. The number of nitrogens with two attached hydrogens (primary N) is 1. The van der Waals surface area contributed by atoms with Gasteiger partial charge in [-0.25, -0.2) is 0 Å². The molecule has 1 unspecified atom stereocenters. The lowest BCUT2D eigenvalue weighted by Crippen LogP contribution is -2.50. The summed E-state index contributed by atoms with van der Waals surface area (Å²) in [4.78, 5) is 16.0. The van der Waals surface area contributed by atoms with Crippen molar-refractivity contribution < 1.29 is 9.18 Å². The fourth-order valence-corrected chi connectivity index (χ4v) is 3.29. The summed E-state index contributed by atoms with van der Waals surface area (Å²) in [6, 6.07) is 0.444. The molecule has 1 atom stereocenters. The van der Waals surface area contributed by atoms with Crippen LogP contribution >= 0.6 is 0 Å². The van der Waals surface area contributed by atoms with E-state index >= 15 is 0 Å². The van der Waals surface area contributed by atoms with E-state index < -0.39 is 0 Å². The molecule has 0 spiro atoms. The molecule has 1 amide bonds. The maximum Gasteiger partial charge on any atom is 0.234 e. The zero-order valence-electron chi connectivity index (χ0n) is 11.0. The largest absolute Gasteiger partial charge is 0.368 e. The minimum absolute atomic E-state index is 0.0487. The summed E-state index contributed by atoms with van der Waals surface area (Å²) in [6.07, 6.45) is 4.79. The van der Waals surface area contributed by atoms with E-state index in [9.17, 15) is 9.18 Å². The number of hydrogen-bond donors (Lipinski definition) is 1. The van der Waals surface area contributed by atoms with Crippen molar-refractivity contribution in [3.05, 3.63) is 0 Å². The highest BCUT2D eigenvalue weighted by Crippen LogP contribution is 2.25. The molecule has 2 fully saturated rings. The lowest BCUT2D eigenvalue weighted by Gasteiger charge is -2.38. The second-order valence-electron chi connectivity index (χ2n) is 5.41. The van der Waals surface area contributed by atoms with E-state index in [0.717, 1.165) is 51.9 Å². The Kier molecular flexibility index (Phi) is 4.95. The zero-order valence-corrected chi connectivity index (χ0v) is 11.0. The lowest BCUT2D eigenvalue weighted by atomic mass is 10.0. The van der Waals surface area contributed by atoms with Crippen LogP contribution < -0.4 is 5.73 Å². The van der Waals surface area contributed by atoms with Gasteiger partial charge in [-0.1, -0.05) is 0 Å². The summed E-state index contributed by atoms with van der Waals surface area (Å²) in [7, 11) is 0. The molecule has 2 N–H and O–H groups in total. The van der Waals surface area contributed by atoms with Gasteiger partial charge in [-0.05, 0) is 51.7 Å². The molecule has 18 heavy (non-hydrogen) atoms. The van der Waals surface area contributed by atoms with Gasteiger partial charge in [-0.3, -0.25) is 14.1 Å². The van der Waals surface area contributed by atoms with Crippen LogP contribution in [0.15, 0.2) is 0 Å². The maximum atomic E-state index is 12.1. The van der Waals surface area contributed by atoms with Crippen LogP contribution in [0.2, 0.25) is 0 Å². The van der Waals surface area contributed by atoms with Gasteiger partial charge < -0.3 is 10.6 Å². The van der Waals surface area contributed by atoms with Crippen LogP contribution in [0.3, 0.4) is 0 Å². The van der Waals surface area contributed by atoms with Crippen molar-refractivity contribution in [2.75, 3.05) is 32.9 Å². The third-order valence-corrected chi connectivity index (χ3v) is 4.26. The van der Waals surface area contributed by atoms with Gasteiger partial charge in [-0.15, -0.1) is 0 Å².